The topological polar surface area (TPSA) is 55.7 Å². The van der Waals surface area contributed by atoms with Gasteiger partial charge in [0.25, 0.3) is 0 Å². The summed E-state index contributed by atoms with van der Waals surface area (Å²) >= 11 is 0. The highest BCUT2D eigenvalue weighted by Gasteiger charge is 2.17. The van der Waals surface area contributed by atoms with E-state index in [4.69, 9.17) is 0 Å². The van der Waals surface area contributed by atoms with Crippen molar-refractivity contribution in [3.8, 4) is 11.4 Å². The zero-order valence-electron chi connectivity index (χ0n) is 12.8. The molecular formula is C20H13N3O. The molecule has 114 valence electrons. The maximum absolute atomic E-state index is 12.9. The molecule has 0 radical (unpaired) electrons. The molecule has 24 heavy (non-hydrogen) atoms. The summed E-state index contributed by atoms with van der Waals surface area (Å²) in [6.07, 6.45) is 3.21. The van der Waals surface area contributed by atoms with Crippen LogP contribution in [-0.2, 0) is 0 Å². The Morgan fingerprint density at radius 1 is 0.750 bits per heavy atom. The van der Waals surface area contributed by atoms with Gasteiger partial charge >= 0.3 is 0 Å². The molecule has 0 saturated carbocycles. The van der Waals surface area contributed by atoms with Crippen LogP contribution >= 0.6 is 0 Å². The Morgan fingerprint density at radius 3 is 2.25 bits per heavy atom. The van der Waals surface area contributed by atoms with Gasteiger partial charge in [0.15, 0.2) is 5.82 Å². The predicted octanol–water partition coefficient (Wildman–Crippen LogP) is 3.92. The van der Waals surface area contributed by atoms with Crippen LogP contribution < -0.4 is 0 Å². The molecule has 0 spiro atoms. The van der Waals surface area contributed by atoms with Crippen LogP contribution in [0.15, 0.2) is 79.1 Å². The van der Waals surface area contributed by atoms with E-state index in [0.29, 0.717) is 17.1 Å². The van der Waals surface area contributed by atoms with Gasteiger partial charge in [-0.25, -0.2) is 9.97 Å². The highest BCUT2D eigenvalue weighted by atomic mass is 16.1. The van der Waals surface area contributed by atoms with Crippen LogP contribution in [0, 0.1) is 0 Å². The van der Waals surface area contributed by atoms with Gasteiger partial charge in [-0.05, 0) is 18.2 Å². The van der Waals surface area contributed by atoms with E-state index in [1.807, 2.05) is 54.6 Å². The second-order valence-corrected chi connectivity index (χ2v) is 5.34. The molecule has 2 heterocycles. The van der Waals surface area contributed by atoms with Crippen molar-refractivity contribution in [3.63, 3.8) is 0 Å². The van der Waals surface area contributed by atoms with E-state index < -0.39 is 0 Å². The fourth-order valence-corrected chi connectivity index (χ4v) is 2.61. The molecule has 4 aromatic rings. The number of fused-ring (bicyclic) bond motifs is 1. The molecule has 4 heteroatoms. The number of hydrogen-bond donors (Lipinski definition) is 0. The largest absolute Gasteiger partial charge is 0.287 e. The Bertz CT molecular complexity index is 1010. The first kappa shape index (κ1) is 14.2. The molecule has 0 amide bonds. The molecule has 0 fully saturated rings. The molecule has 0 saturated heterocycles. The summed E-state index contributed by atoms with van der Waals surface area (Å²) < 4.78 is 0. The summed E-state index contributed by atoms with van der Waals surface area (Å²) in [6.45, 7) is 0. The van der Waals surface area contributed by atoms with E-state index in [1.54, 1.807) is 24.5 Å². The van der Waals surface area contributed by atoms with E-state index in [1.165, 1.54) is 0 Å². The normalized spacial score (nSPS) is 10.7. The van der Waals surface area contributed by atoms with Crippen LogP contribution in [-0.4, -0.2) is 20.7 Å². The number of nitrogens with zero attached hydrogens (tertiary/aromatic N) is 3. The molecule has 0 bridgehead atoms. The Labute approximate surface area is 138 Å². The van der Waals surface area contributed by atoms with Crippen LogP contribution in [0.2, 0.25) is 0 Å². The summed E-state index contributed by atoms with van der Waals surface area (Å²) in [5, 5.41) is 0.749. The third-order valence-electron chi connectivity index (χ3n) is 3.79. The fourth-order valence-electron chi connectivity index (χ4n) is 2.61. The van der Waals surface area contributed by atoms with Crippen molar-refractivity contribution in [1.82, 2.24) is 15.0 Å². The Hall–Kier alpha value is -3.40. The van der Waals surface area contributed by atoms with Crippen LogP contribution in [0.3, 0.4) is 0 Å². The molecule has 0 atom stereocenters. The van der Waals surface area contributed by atoms with Gasteiger partial charge in [0.1, 0.15) is 5.69 Å². The third-order valence-corrected chi connectivity index (χ3v) is 3.79. The van der Waals surface area contributed by atoms with E-state index in [2.05, 4.69) is 15.0 Å². The predicted molar refractivity (Wildman–Crippen MR) is 92.6 cm³/mol. The number of ketones is 1. The summed E-state index contributed by atoms with van der Waals surface area (Å²) in [5.74, 6) is 0.417. The minimum atomic E-state index is -0.131. The van der Waals surface area contributed by atoms with E-state index in [-0.39, 0.29) is 5.78 Å². The second-order valence-electron chi connectivity index (χ2n) is 5.34. The van der Waals surface area contributed by atoms with Crippen molar-refractivity contribution >= 4 is 16.7 Å². The smallest absolute Gasteiger partial charge is 0.212 e. The summed E-state index contributed by atoms with van der Waals surface area (Å²) in [4.78, 5) is 26.1. The maximum atomic E-state index is 12.9. The lowest BCUT2D eigenvalue weighted by Gasteiger charge is -2.08. The van der Waals surface area contributed by atoms with Crippen LogP contribution in [0.5, 0.6) is 0 Å². The van der Waals surface area contributed by atoms with Crippen LogP contribution in [0.1, 0.15) is 16.1 Å². The van der Waals surface area contributed by atoms with Crippen molar-refractivity contribution in [2.24, 2.45) is 0 Å². The van der Waals surface area contributed by atoms with E-state index >= 15 is 0 Å². The van der Waals surface area contributed by atoms with Crippen LogP contribution in [0.25, 0.3) is 22.3 Å². The van der Waals surface area contributed by atoms with Crippen molar-refractivity contribution in [2.45, 2.75) is 0 Å². The average Bonchev–Trinajstić information content (AvgIpc) is 2.68. The Balaban J connectivity index is 1.95. The molecule has 0 unspecified atom stereocenters. The van der Waals surface area contributed by atoms with Gasteiger partial charge in [0, 0.05) is 28.9 Å². The van der Waals surface area contributed by atoms with Gasteiger partial charge in [-0.3, -0.25) is 9.78 Å². The van der Waals surface area contributed by atoms with Gasteiger partial charge in [0.05, 0.1) is 5.52 Å². The number of carbonyl (C=O) groups is 1. The number of hydrogen-bond acceptors (Lipinski definition) is 4. The molecule has 4 nitrogen and oxygen atoms in total. The lowest BCUT2D eigenvalue weighted by Crippen LogP contribution is -2.07. The molecule has 0 aliphatic rings. The number of rotatable bonds is 3. The molecular weight excluding hydrogens is 298 g/mol. The van der Waals surface area contributed by atoms with E-state index in [9.17, 15) is 4.79 Å². The molecule has 0 aliphatic carbocycles. The first-order chi connectivity index (χ1) is 11.8. The lowest BCUT2D eigenvalue weighted by atomic mass is 10.0. The first-order valence-corrected chi connectivity index (χ1v) is 7.60. The molecule has 0 N–H and O–H groups in total. The first-order valence-electron chi connectivity index (χ1n) is 7.60. The van der Waals surface area contributed by atoms with Gasteiger partial charge in [-0.1, -0.05) is 48.5 Å². The zero-order valence-corrected chi connectivity index (χ0v) is 12.8. The second kappa shape index (κ2) is 6.01. The summed E-state index contributed by atoms with van der Waals surface area (Å²) in [6, 6.07) is 20.6. The van der Waals surface area contributed by atoms with E-state index in [0.717, 1.165) is 16.5 Å². The minimum Gasteiger partial charge on any atom is -0.287 e. The van der Waals surface area contributed by atoms with Crippen molar-refractivity contribution in [2.75, 3.05) is 0 Å². The summed E-state index contributed by atoms with van der Waals surface area (Å²) in [5.41, 5.74) is 2.61. The quantitative estimate of drug-likeness (QED) is 0.538. The number of pyridine rings is 1. The SMILES string of the molecule is O=C(c1ccncc1)c1nc(-c2ccccc2)nc2ccccc12. The molecule has 4 rings (SSSR count). The zero-order chi connectivity index (χ0) is 16.4. The van der Waals surface area contributed by atoms with Crippen molar-refractivity contribution in [3.05, 3.63) is 90.4 Å². The maximum Gasteiger partial charge on any atom is 0.212 e. The average molecular weight is 311 g/mol. The molecule has 2 aromatic carbocycles. The monoisotopic (exact) mass is 311 g/mol. The number of carbonyl (C=O) groups excluding carboxylic acids is 1. The highest BCUT2D eigenvalue weighted by molar-refractivity contribution is 6.14. The Kier molecular flexibility index (Phi) is 3.56. The van der Waals surface area contributed by atoms with Gasteiger partial charge in [-0.15, -0.1) is 0 Å². The van der Waals surface area contributed by atoms with Crippen molar-refractivity contribution < 1.29 is 4.79 Å². The molecule has 0 aliphatic heterocycles. The standard InChI is InChI=1S/C20H13N3O/c24-19(14-10-12-21-13-11-14)18-16-8-4-5-9-17(16)22-20(23-18)15-6-2-1-3-7-15/h1-13H. The number of aromatic nitrogens is 3. The lowest BCUT2D eigenvalue weighted by molar-refractivity contribution is 0.103. The number of para-hydroxylation sites is 1. The minimum absolute atomic E-state index is 0.131. The van der Waals surface area contributed by atoms with Crippen LogP contribution in [0.4, 0.5) is 0 Å². The van der Waals surface area contributed by atoms with Gasteiger partial charge in [-0.2, -0.15) is 0 Å². The Morgan fingerprint density at radius 2 is 1.46 bits per heavy atom. The molecule has 2 aromatic heterocycles. The van der Waals surface area contributed by atoms with Gasteiger partial charge in [0.2, 0.25) is 5.78 Å². The third kappa shape index (κ3) is 2.54. The fraction of sp³-hybridized carbons (Fsp3) is 0. The van der Waals surface area contributed by atoms with Gasteiger partial charge < -0.3 is 0 Å². The summed E-state index contributed by atoms with van der Waals surface area (Å²) in [7, 11) is 0. The number of benzene rings is 2. The van der Waals surface area contributed by atoms with Crippen molar-refractivity contribution in [1.29, 1.82) is 0 Å². The highest BCUT2D eigenvalue weighted by Crippen LogP contribution is 2.23.